The number of amides is 1. The second-order valence-electron chi connectivity index (χ2n) is 4.19. The fourth-order valence-electron chi connectivity index (χ4n) is 1.78. The van der Waals surface area contributed by atoms with Crippen LogP contribution in [0.3, 0.4) is 0 Å². The standard InChI is InChI=1S/C14H17N3O3S.ClH/c1-15-7-13(18)17-14-16-10(8-21-14)9-4-5-11(19-2)12(6-9)20-3;/h4-6,8,15H,7H2,1-3H3,(H,16,17,18);1H. The highest BCUT2D eigenvalue weighted by atomic mass is 35.5. The number of rotatable bonds is 6. The summed E-state index contributed by atoms with van der Waals surface area (Å²) >= 11 is 1.38. The Labute approximate surface area is 139 Å². The SMILES string of the molecule is CNCC(=O)Nc1nc(-c2ccc(OC)c(OC)c2)cs1.Cl. The number of hydrogen-bond acceptors (Lipinski definition) is 6. The van der Waals surface area contributed by atoms with E-state index in [1.54, 1.807) is 21.3 Å². The van der Waals surface area contributed by atoms with Crippen molar-refractivity contribution in [2.45, 2.75) is 0 Å². The predicted octanol–water partition coefficient (Wildman–Crippen LogP) is 2.41. The molecule has 2 rings (SSSR count). The van der Waals surface area contributed by atoms with Gasteiger partial charge in [-0.05, 0) is 25.2 Å². The minimum absolute atomic E-state index is 0. The number of anilines is 1. The summed E-state index contributed by atoms with van der Waals surface area (Å²) < 4.78 is 10.5. The minimum Gasteiger partial charge on any atom is -0.493 e. The largest absolute Gasteiger partial charge is 0.493 e. The quantitative estimate of drug-likeness (QED) is 0.842. The van der Waals surface area contributed by atoms with Crippen molar-refractivity contribution in [3.8, 4) is 22.8 Å². The molecule has 0 aliphatic carbocycles. The maximum absolute atomic E-state index is 11.5. The summed E-state index contributed by atoms with van der Waals surface area (Å²) in [6, 6.07) is 5.58. The smallest absolute Gasteiger partial charge is 0.240 e. The molecule has 0 spiro atoms. The molecule has 0 aliphatic rings. The molecule has 0 bridgehead atoms. The molecule has 1 heterocycles. The lowest BCUT2D eigenvalue weighted by Gasteiger charge is -2.08. The lowest BCUT2D eigenvalue weighted by Crippen LogP contribution is -2.24. The Morgan fingerprint density at radius 2 is 2.00 bits per heavy atom. The molecule has 1 aromatic heterocycles. The van der Waals surface area contributed by atoms with E-state index in [1.165, 1.54) is 11.3 Å². The third kappa shape index (κ3) is 4.33. The van der Waals surface area contributed by atoms with Crippen LogP contribution in [0, 0.1) is 0 Å². The van der Waals surface area contributed by atoms with Gasteiger partial charge in [0, 0.05) is 10.9 Å². The summed E-state index contributed by atoms with van der Waals surface area (Å²) in [5.74, 6) is 1.19. The van der Waals surface area contributed by atoms with Crippen molar-refractivity contribution in [1.29, 1.82) is 0 Å². The molecule has 1 amide bonds. The summed E-state index contributed by atoms with van der Waals surface area (Å²) in [5, 5.41) is 7.98. The predicted molar refractivity (Wildman–Crippen MR) is 90.5 cm³/mol. The monoisotopic (exact) mass is 343 g/mol. The number of thiazole rings is 1. The summed E-state index contributed by atoms with van der Waals surface area (Å²) in [6.45, 7) is 0.255. The number of benzene rings is 1. The number of ether oxygens (including phenoxy) is 2. The lowest BCUT2D eigenvalue weighted by atomic mass is 10.1. The molecule has 0 radical (unpaired) electrons. The Hall–Kier alpha value is -1.83. The van der Waals surface area contributed by atoms with Crippen molar-refractivity contribution >= 4 is 34.8 Å². The molecule has 0 aliphatic heterocycles. The van der Waals surface area contributed by atoms with Crippen molar-refractivity contribution < 1.29 is 14.3 Å². The molecule has 120 valence electrons. The van der Waals surface area contributed by atoms with Gasteiger partial charge >= 0.3 is 0 Å². The molecule has 6 nitrogen and oxygen atoms in total. The second-order valence-corrected chi connectivity index (χ2v) is 5.04. The highest BCUT2D eigenvalue weighted by Crippen LogP contribution is 2.33. The molecular formula is C14H18ClN3O3S. The minimum atomic E-state index is -0.120. The van der Waals surface area contributed by atoms with Gasteiger partial charge in [0.2, 0.25) is 5.91 Å². The Kier molecular flexibility index (Phi) is 7.10. The molecule has 0 atom stereocenters. The number of carbonyl (C=O) groups excluding carboxylic acids is 1. The highest BCUT2D eigenvalue weighted by Gasteiger charge is 2.10. The zero-order valence-electron chi connectivity index (χ0n) is 12.5. The van der Waals surface area contributed by atoms with Gasteiger partial charge in [0.15, 0.2) is 16.6 Å². The number of halogens is 1. The Bertz CT molecular complexity index is 634. The fraction of sp³-hybridized carbons (Fsp3) is 0.286. The van der Waals surface area contributed by atoms with Crippen LogP contribution >= 0.6 is 23.7 Å². The summed E-state index contributed by atoms with van der Waals surface area (Å²) in [4.78, 5) is 15.9. The van der Waals surface area contributed by atoms with Crippen LogP contribution in [0.4, 0.5) is 5.13 Å². The van der Waals surface area contributed by atoms with E-state index in [0.717, 1.165) is 11.3 Å². The molecule has 0 saturated heterocycles. The first-order valence-corrected chi connectivity index (χ1v) is 7.18. The summed E-state index contributed by atoms with van der Waals surface area (Å²) in [6.07, 6.45) is 0. The molecule has 2 aromatic rings. The first-order valence-electron chi connectivity index (χ1n) is 6.30. The van der Waals surface area contributed by atoms with Crippen LogP contribution in [0.15, 0.2) is 23.6 Å². The number of methoxy groups -OCH3 is 2. The summed E-state index contributed by atoms with van der Waals surface area (Å²) in [5.41, 5.74) is 1.68. The molecule has 0 fully saturated rings. The van der Waals surface area contributed by atoms with Gasteiger partial charge in [0.05, 0.1) is 26.5 Å². The summed E-state index contributed by atoms with van der Waals surface area (Å²) in [7, 11) is 4.90. The first kappa shape index (κ1) is 18.2. The molecule has 0 saturated carbocycles. The Morgan fingerprint density at radius 1 is 1.27 bits per heavy atom. The number of nitrogens with one attached hydrogen (secondary N) is 2. The van der Waals surface area contributed by atoms with Crippen LogP contribution in [0.2, 0.25) is 0 Å². The number of nitrogens with zero attached hydrogens (tertiary/aromatic N) is 1. The van der Waals surface area contributed by atoms with E-state index >= 15 is 0 Å². The van der Waals surface area contributed by atoms with Crippen LogP contribution in [0.5, 0.6) is 11.5 Å². The Balaban J connectivity index is 0.00000242. The lowest BCUT2D eigenvalue weighted by molar-refractivity contribution is -0.115. The topological polar surface area (TPSA) is 72.5 Å². The van der Waals surface area contributed by atoms with Crippen molar-refractivity contribution in [2.75, 3.05) is 33.1 Å². The van der Waals surface area contributed by atoms with Gasteiger partial charge in [-0.1, -0.05) is 0 Å². The number of carbonyl (C=O) groups is 1. The van der Waals surface area contributed by atoms with Crippen molar-refractivity contribution in [1.82, 2.24) is 10.3 Å². The van der Waals surface area contributed by atoms with E-state index in [4.69, 9.17) is 9.47 Å². The van der Waals surface area contributed by atoms with Gasteiger partial charge in [-0.3, -0.25) is 4.79 Å². The first-order chi connectivity index (χ1) is 10.2. The van der Waals surface area contributed by atoms with Gasteiger partial charge in [0.1, 0.15) is 0 Å². The molecule has 22 heavy (non-hydrogen) atoms. The van der Waals surface area contributed by atoms with Crippen LogP contribution < -0.4 is 20.1 Å². The van der Waals surface area contributed by atoms with E-state index in [2.05, 4.69) is 15.6 Å². The number of aromatic nitrogens is 1. The Morgan fingerprint density at radius 3 is 2.64 bits per heavy atom. The maximum Gasteiger partial charge on any atom is 0.240 e. The maximum atomic E-state index is 11.5. The molecule has 0 unspecified atom stereocenters. The van der Waals surface area contributed by atoms with E-state index < -0.39 is 0 Å². The molecule has 8 heteroatoms. The van der Waals surface area contributed by atoms with Crippen molar-refractivity contribution in [2.24, 2.45) is 0 Å². The van der Waals surface area contributed by atoms with E-state index in [-0.39, 0.29) is 24.9 Å². The van der Waals surface area contributed by atoms with Crippen molar-refractivity contribution in [3.63, 3.8) is 0 Å². The van der Waals surface area contributed by atoms with Crippen molar-refractivity contribution in [3.05, 3.63) is 23.6 Å². The van der Waals surface area contributed by atoms with Crippen LogP contribution in [0.25, 0.3) is 11.3 Å². The molecule has 2 N–H and O–H groups in total. The normalized spacial score (nSPS) is 9.77. The van der Waals surface area contributed by atoms with Gasteiger partial charge in [0.25, 0.3) is 0 Å². The average Bonchev–Trinajstić information content (AvgIpc) is 2.95. The number of hydrogen-bond donors (Lipinski definition) is 2. The van der Waals surface area contributed by atoms with Crippen LogP contribution in [-0.2, 0) is 4.79 Å². The average molecular weight is 344 g/mol. The third-order valence-corrected chi connectivity index (χ3v) is 3.52. The van der Waals surface area contributed by atoms with Crippen LogP contribution in [-0.4, -0.2) is 38.7 Å². The molecular weight excluding hydrogens is 326 g/mol. The van der Waals surface area contributed by atoms with Gasteiger partial charge < -0.3 is 20.1 Å². The van der Waals surface area contributed by atoms with Crippen LogP contribution in [0.1, 0.15) is 0 Å². The number of likely N-dealkylation sites (N-methyl/N-ethyl adjacent to an activating group) is 1. The fourth-order valence-corrected chi connectivity index (χ4v) is 2.52. The van der Waals surface area contributed by atoms with Gasteiger partial charge in [-0.15, -0.1) is 23.7 Å². The van der Waals surface area contributed by atoms with E-state index in [0.29, 0.717) is 16.6 Å². The molecule has 1 aromatic carbocycles. The second kappa shape index (κ2) is 8.57. The third-order valence-electron chi connectivity index (χ3n) is 2.77. The zero-order chi connectivity index (χ0) is 15.2. The van der Waals surface area contributed by atoms with E-state index in [9.17, 15) is 4.79 Å². The van der Waals surface area contributed by atoms with Gasteiger partial charge in [-0.25, -0.2) is 4.98 Å². The zero-order valence-corrected chi connectivity index (χ0v) is 14.1. The van der Waals surface area contributed by atoms with E-state index in [1.807, 2.05) is 23.6 Å². The highest BCUT2D eigenvalue weighted by molar-refractivity contribution is 7.14. The van der Waals surface area contributed by atoms with Gasteiger partial charge in [-0.2, -0.15) is 0 Å².